The lowest BCUT2D eigenvalue weighted by Gasteiger charge is -2.36. The van der Waals surface area contributed by atoms with Crippen LogP contribution in [0.3, 0.4) is 0 Å². The third-order valence-corrected chi connectivity index (χ3v) is 8.41. The van der Waals surface area contributed by atoms with Gasteiger partial charge in [-0.1, -0.05) is 55.0 Å². The van der Waals surface area contributed by atoms with E-state index in [2.05, 4.69) is 10.6 Å². The number of carbonyl (C=O) groups is 3. The maximum Gasteiger partial charge on any atom is 0.303 e. The molecule has 44 heavy (non-hydrogen) atoms. The molecule has 0 bridgehead atoms. The van der Waals surface area contributed by atoms with Crippen LogP contribution in [0.2, 0.25) is 0 Å². The van der Waals surface area contributed by atoms with Gasteiger partial charge < -0.3 is 30.3 Å². The van der Waals surface area contributed by atoms with Gasteiger partial charge in [0.2, 0.25) is 11.8 Å². The van der Waals surface area contributed by atoms with E-state index in [9.17, 15) is 19.5 Å². The topological polar surface area (TPSA) is 134 Å². The minimum atomic E-state index is -0.810. The van der Waals surface area contributed by atoms with Crippen molar-refractivity contribution in [2.24, 2.45) is 0 Å². The van der Waals surface area contributed by atoms with Crippen LogP contribution in [-0.4, -0.2) is 39.9 Å². The highest BCUT2D eigenvalue weighted by molar-refractivity contribution is 7.99. The number of benzene rings is 3. The summed E-state index contributed by atoms with van der Waals surface area (Å²) in [6, 6.07) is 23.3. The number of amides is 2. The number of rotatable bonds is 15. The number of aliphatic hydroxyl groups excluding tert-OH is 1. The van der Waals surface area contributed by atoms with Crippen molar-refractivity contribution in [3.8, 4) is 0 Å². The number of nitrogens with one attached hydrogen (secondary N) is 2. The van der Waals surface area contributed by atoms with Gasteiger partial charge in [-0.05, 0) is 53.8 Å². The van der Waals surface area contributed by atoms with Gasteiger partial charge in [0.25, 0.3) is 0 Å². The molecule has 10 heteroatoms. The molecule has 3 atom stereocenters. The predicted molar refractivity (Wildman–Crippen MR) is 169 cm³/mol. The number of carboxylic acid groups (broad SMARTS) is 1. The second-order valence-electron chi connectivity index (χ2n) is 10.8. The number of unbranched alkanes of at least 4 members (excludes halogenated alkanes) is 2. The first-order chi connectivity index (χ1) is 21.3. The van der Waals surface area contributed by atoms with Crippen molar-refractivity contribution in [1.29, 1.82) is 0 Å². The Kier molecular flexibility index (Phi) is 12.8. The van der Waals surface area contributed by atoms with Crippen molar-refractivity contribution in [3.63, 3.8) is 0 Å². The Balaban J connectivity index is 1.36. The Morgan fingerprint density at radius 3 is 2.16 bits per heavy atom. The molecule has 4 rings (SSSR count). The number of anilines is 1. The molecule has 0 aromatic heterocycles. The number of thioether (sulfide) groups is 1. The summed E-state index contributed by atoms with van der Waals surface area (Å²) in [6.45, 7) is 1.87. The lowest BCUT2D eigenvalue weighted by molar-refractivity contribution is -0.245. The van der Waals surface area contributed by atoms with E-state index < -0.39 is 12.3 Å². The van der Waals surface area contributed by atoms with E-state index >= 15 is 0 Å². The molecule has 9 nitrogen and oxygen atoms in total. The molecule has 4 N–H and O–H groups in total. The normalized spacial score (nSPS) is 18.0. The molecule has 3 aromatic carbocycles. The van der Waals surface area contributed by atoms with Crippen LogP contribution in [0.5, 0.6) is 0 Å². The minimum Gasteiger partial charge on any atom is -0.481 e. The summed E-state index contributed by atoms with van der Waals surface area (Å²) in [5.74, 6) is -0.256. The largest absolute Gasteiger partial charge is 0.481 e. The monoisotopic (exact) mass is 620 g/mol. The van der Waals surface area contributed by atoms with E-state index in [1.807, 2.05) is 72.8 Å². The Labute approximate surface area is 262 Å². The fourth-order valence-corrected chi connectivity index (χ4v) is 5.79. The average molecular weight is 621 g/mol. The highest BCUT2D eigenvalue weighted by Crippen LogP contribution is 2.39. The maximum absolute atomic E-state index is 12.2. The zero-order valence-corrected chi connectivity index (χ0v) is 25.7. The van der Waals surface area contributed by atoms with E-state index in [-0.39, 0.29) is 37.0 Å². The molecular weight excluding hydrogens is 580 g/mol. The number of aliphatic hydroxyl groups is 1. The van der Waals surface area contributed by atoms with Crippen molar-refractivity contribution in [2.45, 2.75) is 82.0 Å². The number of hydrogen-bond donors (Lipinski definition) is 4. The quantitative estimate of drug-likeness (QED) is 0.118. The highest BCUT2D eigenvalue weighted by atomic mass is 32.2. The third-order valence-electron chi connectivity index (χ3n) is 7.26. The number of ether oxygens (including phenoxy) is 2. The molecule has 0 unspecified atom stereocenters. The SMILES string of the molecule is CC(=O)Nc1ccc(SC[C@H]2C[C@@H](c3ccc(CO)cc3)O[C@@H](c3ccc(CNC(=O)CCCCCC(=O)O)cc3)O2)cc1. The minimum absolute atomic E-state index is 0.0167. The molecule has 1 heterocycles. The molecule has 1 fully saturated rings. The molecule has 1 saturated heterocycles. The van der Waals surface area contributed by atoms with Gasteiger partial charge in [-0.3, -0.25) is 14.4 Å². The van der Waals surface area contributed by atoms with Crippen LogP contribution in [0.15, 0.2) is 77.7 Å². The van der Waals surface area contributed by atoms with Crippen LogP contribution in [0.25, 0.3) is 0 Å². The first-order valence-electron chi connectivity index (χ1n) is 14.9. The number of hydrogen-bond acceptors (Lipinski definition) is 7. The maximum atomic E-state index is 12.2. The second-order valence-corrected chi connectivity index (χ2v) is 11.9. The van der Waals surface area contributed by atoms with Crippen LogP contribution in [0, 0.1) is 0 Å². The van der Waals surface area contributed by atoms with Crippen LogP contribution in [0.1, 0.15) is 80.1 Å². The van der Waals surface area contributed by atoms with Crippen LogP contribution in [-0.2, 0) is 37.0 Å². The van der Waals surface area contributed by atoms with Gasteiger partial charge in [0.15, 0.2) is 6.29 Å². The Bertz CT molecular complexity index is 1360. The van der Waals surface area contributed by atoms with Gasteiger partial charge in [-0.15, -0.1) is 11.8 Å². The summed E-state index contributed by atoms with van der Waals surface area (Å²) in [7, 11) is 0. The summed E-state index contributed by atoms with van der Waals surface area (Å²) in [4.78, 5) is 35.2. The Hall–Kier alpha value is -3.70. The first kappa shape index (κ1) is 33.2. The molecule has 0 aliphatic carbocycles. The summed E-state index contributed by atoms with van der Waals surface area (Å²) in [5.41, 5.74) is 4.45. The molecular formula is C34H40N2O7S. The van der Waals surface area contributed by atoms with Crippen molar-refractivity contribution in [2.75, 3.05) is 11.1 Å². The van der Waals surface area contributed by atoms with Gasteiger partial charge in [-0.25, -0.2) is 0 Å². The molecule has 1 aliphatic heterocycles. The molecule has 3 aromatic rings. The van der Waals surface area contributed by atoms with Crippen molar-refractivity contribution >= 4 is 35.2 Å². The van der Waals surface area contributed by atoms with Gasteiger partial charge in [0, 0.05) is 54.6 Å². The van der Waals surface area contributed by atoms with Crippen molar-refractivity contribution < 1.29 is 34.1 Å². The van der Waals surface area contributed by atoms with E-state index in [1.54, 1.807) is 11.8 Å². The molecule has 0 radical (unpaired) electrons. The second kappa shape index (κ2) is 17.0. The molecule has 0 saturated carbocycles. The van der Waals surface area contributed by atoms with Gasteiger partial charge in [0.1, 0.15) is 0 Å². The lowest BCUT2D eigenvalue weighted by Crippen LogP contribution is -2.31. The summed E-state index contributed by atoms with van der Waals surface area (Å²) >= 11 is 1.68. The van der Waals surface area contributed by atoms with Gasteiger partial charge >= 0.3 is 5.97 Å². The van der Waals surface area contributed by atoms with Crippen LogP contribution < -0.4 is 10.6 Å². The number of carboxylic acids is 1. The molecule has 234 valence electrons. The molecule has 2 amide bonds. The van der Waals surface area contributed by atoms with E-state index in [0.29, 0.717) is 44.4 Å². The molecule has 1 aliphatic rings. The third kappa shape index (κ3) is 10.8. The Morgan fingerprint density at radius 2 is 1.50 bits per heavy atom. The van der Waals surface area contributed by atoms with Crippen molar-refractivity contribution in [1.82, 2.24) is 5.32 Å². The van der Waals surface area contributed by atoms with Crippen LogP contribution in [0.4, 0.5) is 5.69 Å². The highest BCUT2D eigenvalue weighted by Gasteiger charge is 2.32. The fourth-order valence-electron chi connectivity index (χ4n) is 4.87. The Morgan fingerprint density at radius 1 is 0.841 bits per heavy atom. The number of carbonyl (C=O) groups excluding carboxylic acids is 2. The summed E-state index contributed by atoms with van der Waals surface area (Å²) in [5, 5.41) is 23.9. The smallest absolute Gasteiger partial charge is 0.303 e. The summed E-state index contributed by atoms with van der Waals surface area (Å²) < 4.78 is 12.9. The zero-order valence-electron chi connectivity index (χ0n) is 24.9. The van der Waals surface area contributed by atoms with Gasteiger partial charge in [0.05, 0.1) is 18.8 Å². The average Bonchev–Trinajstić information content (AvgIpc) is 3.03. The van der Waals surface area contributed by atoms with E-state index in [4.69, 9.17) is 14.6 Å². The first-order valence-corrected chi connectivity index (χ1v) is 15.9. The fraction of sp³-hybridized carbons (Fsp3) is 0.382. The summed E-state index contributed by atoms with van der Waals surface area (Å²) in [6.07, 6.45) is 2.29. The van der Waals surface area contributed by atoms with E-state index in [1.165, 1.54) is 6.92 Å². The van der Waals surface area contributed by atoms with Crippen LogP contribution >= 0.6 is 11.8 Å². The lowest BCUT2D eigenvalue weighted by atomic mass is 10.0. The van der Waals surface area contributed by atoms with E-state index in [0.717, 1.165) is 32.8 Å². The molecule has 0 spiro atoms. The zero-order chi connectivity index (χ0) is 31.3. The van der Waals surface area contributed by atoms with Gasteiger partial charge in [-0.2, -0.15) is 0 Å². The standard InChI is InChI=1S/C34H40N2O7S/c1-23(38)36-28-15-17-30(18-16-28)44-22-29-19-31(26-11-9-25(21-37)10-12-26)43-34(42-29)27-13-7-24(8-14-27)20-35-32(39)5-3-2-4-6-33(40)41/h7-18,29,31,34,37H,2-6,19-22H2,1H3,(H,35,39)(H,36,38)(H,40,41)/t29-,31+,34+/m1/s1. The van der Waals surface area contributed by atoms with Crippen molar-refractivity contribution in [3.05, 3.63) is 95.1 Å². The number of aliphatic carboxylic acids is 1. The predicted octanol–water partition coefficient (Wildman–Crippen LogP) is 6.13.